The predicted octanol–water partition coefficient (Wildman–Crippen LogP) is 2.97. The van der Waals surface area contributed by atoms with Crippen LogP contribution in [0.25, 0.3) is 0 Å². The largest absolute Gasteiger partial charge is 0.495 e. The third-order valence-electron chi connectivity index (χ3n) is 2.61. The molecule has 4 nitrogen and oxygen atoms in total. The Hall–Kier alpha value is -2.00. The van der Waals surface area contributed by atoms with Crippen LogP contribution >= 0.6 is 22.9 Å². The molecule has 0 aliphatic carbocycles. The molecule has 1 aromatic carbocycles. The van der Waals surface area contributed by atoms with Gasteiger partial charge in [0.15, 0.2) is 0 Å². The Bertz CT molecular complexity index is 716. The summed E-state index contributed by atoms with van der Waals surface area (Å²) in [4.78, 5) is 12.9. The number of ether oxygens (including phenoxy) is 1. The molecule has 0 radical (unpaired) electrons. The number of amides is 1. The Morgan fingerprint density at radius 2 is 2.29 bits per heavy atom. The summed E-state index contributed by atoms with van der Waals surface area (Å²) in [5.41, 5.74) is 6.52. The number of anilines is 1. The van der Waals surface area contributed by atoms with Crippen LogP contribution in [0, 0.1) is 11.8 Å². The van der Waals surface area contributed by atoms with Crippen molar-refractivity contribution in [1.29, 1.82) is 0 Å². The summed E-state index contributed by atoms with van der Waals surface area (Å²) in [5, 5.41) is 5.11. The molecule has 0 bridgehead atoms. The minimum Gasteiger partial charge on any atom is -0.495 e. The van der Waals surface area contributed by atoms with Crippen molar-refractivity contribution in [2.45, 2.75) is 0 Å². The van der Waals surface area contributed by atoms with Gasteiger partial charge in [0.05, 0.1) is 19.3 Å². The topological polar surface area (TPSA) is 64.3 Å². The molecule has 0 spiro atoms. The fourth-order valence-electron chi connectivity index (χ4n) is 1.69. The highest BCUT2D eigenvalue weighted by Crippen LogP contribution is 2.29. The first-order valence-electron chi connectivity index (χ1n) is 6.07. The van der Waals surface area contributed by atoms with E-state index in [-0.39, 0.29) is 12.5 Å². The zero-order chi connectivity index (χ0) is 15.2. The van der Waals surface area contributed by atoms with Crippen molar-refractivity contribution in [1.82, 2.24) is 0 Å². The van der Waals surface area contributed by atoms with E-state index in [0.29, 0.717) is 26.9 Å². The van der Waals surface area contributed by atoms with E-state index in [1.807, 2.05) is 5.38 Å². The number of rotatable bonds is 3. The monoisotopic (exact) mass is 320 g/mol. The summed E-state index contributed by atoms with van der Waals surface area (Å²) in [5.74, 6) is 5.90. The summed E-state index contributed by atoms with van der Waals surface area (Å²) < 4.78 is 5.20. The highest BCUT2D eigenvalue weighted by atomic mass is 35.5. The Labute approximate surface area is 131 Å². The molecule has 2 aromatic rings. The van der Waals surface area contributed by atoms with Crippen molar-refractivity contribution in [2.75, 3.05) is 19.0 Å². The Morgan fingerprint density at radius 1 is 1.48 bits per heavy atom. The second-order valence-electron chi connectivity index (χ2n) is 3.97. The quantitative estimate of drug-likeness (QED) is 0.855. The van der Waals surface area contributed by atoms with Crippen molar-refractivity contribution in [3.05, 3.63) is 45.1 Å². The fourth-order valence-corrected chi connectivity index (χ4v) is 2.60. The average Bonchev–Trinajstić information content (AvgIpc) is 2.94. The molecule has 0 aliphatic rings. The molecule has 21 heavy (non-hydrogen) atoms. The van der Waals surface area contributed by atoms with Crippen LogP contribution in [-0.2, 0) is 0 Å². The summed E-state index contributed by atoms with van der Waals surface area (Å²) in [6, 6.07) is 6.81. The van der Waals surface area contributed by atoms with E-state index in [4.69, 9.17) is 22.1 Å². The van der Waals surface area contributed by atoms with Gasteiger partial charge in [-0.3, -0.25) is 4.79 Å². The van der Waals surface area contributed by atoms with Crippen molar-refractivity contribution in [3.63, 3.8) is 0 Å². The van der Waals surface area contributed by atoms with Crippen LogP contribution in [0.3, 0.4) is 0 Å². The number of methoxy groups -OCH3 is 1. The molecule has 0 saturated heterocycles. The Kier molecular flexibility index (Phi) is 5.23. The maximum absolute atomic E-state index is 12.3. The number of carbonyl (C=O) groups is 1. The van der Waals surface area contributed by atoms with Crippen LogP contribution < -0.4 is 15.8 Å². The van der Waals surface area contributed by atoms with E-state index in [9.17, 15) is 4.79 Å². The lowest BCUT2D eigenvalue weighted by Gasteiger charge is -2.10. The summed E-state index contributed by atoms with van der Waals surface area (Å²) in [6.07, 6.45) is 0. The Balaban J connectivity index is 2.26. The van der Waals surface area contributed by atoms with Gasteiger partial charge >= 0.3 is 0 Å². The van der Waals surface area contributed by atoms with Gasteiger partial charge in [-0.1, -0.05) is 23.4 Å². The van der Waals surface area contributed by atoms with Gasteiger partial charge in [-0.15, -0.1) is 11.3 Å². The number of nitrogens with two attached hydrogens (primary N) is 1. The molecule has 3 N–H and O–H groups in total. The van der Waals surface area contributed by atoms with Crippen molar-refractivity contribution in [2.24, 2.45) is 5.73 Å². The van der Waals surface area contributed by atoms with Crippen molar-refractivity contribution >= 4 is 34.5 Å². The predicted molar refractivity (Wildman–Crippen MR) is 86.2 cm³/mol. The van der Waals surface area contributed by atoms with Gasteiger partial charge in [0.1, 0.15) is 10.6 Å². The van der Waals surface area contributed by atoms with E-state index in [1.54, 1.807) is 24.3 Å². The minimum absolute atomic E-state index is 0.249. The molecule has 0 aliphatic heterocycles. The van der Waals surface area contributed by atoms with Crippen LogP contribution in [-0.4, -0.2) is 19.6 Å². The lowest BCUT2D eigenvalue weighted by Crippen LogP contribution is -2.12. The van der Waals surface area contributed by atoms with Gasteiger partial charge in [0.25, 0.3) is 5.91 Å². The molecule has 1 aromatic heterocycles. The lowest BCUT2D eigenvalue weighted by atomic mass is 10.2. The molecule has 0 unspecified atom stereocenters. The fraction of sp³-hybridized carbons (Fsp3) is 0.133. The summed E-state index contributed by atoms with van der Waals surface area (Å²) in [7, 11) is 1.53. The number of hydrogen-bond donors (Lipinski definition) is 2. The van der Waals surface area contributed by atoms with Crippen LogP contribution in [0.4, 0.5) is 5.69 Å². The first kappa shape index (κ1) is 15.4. The number of thiophene rings is 1. The lowest BCUT2D eigenvalue weighted by molar-refractivity contribution is 0.103. The van der Waals surface area contributed by atoms with E-state index >= 15 is 0 Å². The van der Waals surface area contributed by atoms with E-state index in [2.05, 4.69) is 17.2 Å². The van der Waals surface area contributed by atoms with Crippen molar-refractivity contribution in [3.8, 4) is 17.6 Å². The van der Waals surface area contributed by atoms with Crippen LogP contribution in [0.15, 0.2) is 29.6 Å². The minimum atomic E-state index is -0.258. The normalized spacial score (nSPS) is 9.67. The number of benzene rings is 1. The third kappa shape index (κ3) is 3.76. The van der Waals surface area contributed by atoms with Crippen LogP contribution in [0.1, 0.15) is 15.2 Å². The summed E-state index contributed by atoms with van der Waals surface area (Å²) in [6.45, 7) is 0.249. The van der Waals surface area contributed by atoms with E-state index in [1.165, 1.54) is 18.4 Å². The number of nitrogens with one attached hydrogen (secondary N) is 1. The zero-order valence-electron chi connectivity index (χ0n) is 11.3. The molecule has 108 valence electrons. The average molecular weight is 321 g/mol. The molecule has 2 rings (SSSR count). The standard InChI is InChI=1S/C15H13ClN2O2S/c1-20-13-5-4-11(16)9-12(13)18-15(19)14-10(3-2-7-17)6-8-21-14/h4-6,8-9H,7,17H2,1H3,(H,18,19). The second kappa shape index (κ2) is 7.14. The molecule has 6 heteroatoms. The van der Waals surface area contributed by atoms with Gasteiger partial charge in [-0.05, 0) is 29.6 Å². The molecule has 1 heterocycles. The molecule has 0 saturated carbocycles. The maximum Gasteiger partial charge on any atom is 0.267 e. The first-order chi connectivity index (χ1) is 10.2. The Morgan fingerprint density at radius 3 is 3.00 bits per heavy atom. The van der Waals surface area contributed by atoms with Gasteiger partial charge in [-0.25, -0.2) is 0 Å². The molecular weight excluding hydrogens is 308 g/mol. The highest BCUT2D eigenvalue weighted by Gasteiger charge is 2.14. The SMILES string of the molecule is COc1ccc(Cl)cc1NC(=O)c1sccc1C#CCN. The third-order valence-corrected chi connectivity index (χ3v) is 3.75. The van der Waals surface area contributed by atoms with Gasteiger partial charge < -0.3 is 15.8 Å². The number of halogens is 1. The van der Waals surface area contributed by atoms with E-state index in [0.717, 1.165) is 0 Å². The van der Waals surface area contributed by atoms with Gasteiger partial charge in [0, 0.05) is 10.6 Å². The highest BCUT2D eigenvalue weighted by molar-refractivity contribution is 7.12. The summed E-state index contributed by atoms with van der Waals surface area (Å²) >= 11 is 7.26. The zero-order valence-corrected chi connectivity index (χ0v) is 12.8. The van der Waals surface area contributed by atoms with Gasteiger partial charge in [-0.2, -0.15) is 0 Å². The maximum atomic E-state index is 12.3. The smallest absolute Gasteiger partial charge is 0.267 e. The number of carbonyl (C=O) groups excluding carboxylic acids is 1. The molecule has 0 fully saturated rings. The van der Waals surface area contributed by atoms with Crippen LogP contribution in [0.5, 0.6) is 5.75 Å². The second-order valence-corrected chi connectivity index (χ2v) is 5.32. The van der Waals surface area contributed by atoms with Gasteiger partial charge in [0.2, 0.25) is 0 Å². The van der Waals surface area contributed by atoms with Crippen LogP contribution in [0.2, 0.25) is 5.02 Å². The number of hydrogen-bond acceptors (Lipinski definition) is 4. The van der Waals surface area contributed by atoms with Crippen molar-refractivity contribution < 1.29 is 9.53 Å². The van der Waals surface area contributed by atoms with E-state index < -0.39 is 0 Å². The molecule has 0 atom stereocenters. The molecule has 1 amide bonds. The molecular formula is C15H13ClN2O2S. The first-order valence-corrected chi connectivity index (χ1v) is 7.32.